The second-order valence-corrected chi connectivity index (χ2v) is 3.66. The molecular weight excluding hydrogens is 122 g/mol. The summed E-state index contributed by atoms with van der Waals surface area (Å²) in [7, 11) is 0. The van der Waals surface area contributed by atoms with Crippen molar-refractivity contribution < 1.29 is 0 Å². The van der Waals surface area contributed by atoms with Gasteiger partial charge in [-0.25, -0.2) is 0 Å². The van der Waals surface area contributed by atoms with Gasteiger partial charge >= 0.3 is 0 Å². The third kappa shape index (κ3) is 3.33. The molecule has 10 heavy (non-hydrogen) atoms. The second-order valence-electron chi connectivity index (χ2n) is 3.66. The van der Waals surface area contributed by atoms with Crippen LogP contribution < -0.4 is 5.73 Å². The average Bonchev–Trinajstić information content (AvgIpc) is 1.60. The summed E-state index contributed by atoms with van der Waals surface area (Å²) in [5.74, 6) is 0. The Labute approximate surface area is 63.6 Å². The molecule has 0 rings (SSSR count). The average molecular weight is 139 g/mol. The lowest BCUT2D eigenvalue weighted by Gasteiger charge is -2.18. The van der Waals surface area contributed by atoms with Crippen molar-refractivity contribution >= 4 is 0 Å². The van der Waals surface area contributed by atoms with E-state index >= 15 is 0 Å². The van der Waals surface area contributed by atoms with Gasteiger partial charge in [0.15, 0.2) is 0 Å². The summed E-state index contributed by atoms with van der Waals surface area (Å²) in [6.07, 6.45) is 1.92. The molecule has 58 valence electrons. The third-order valence-corrected chi connectivity index (χ3v) is 1.37. The fraction of sp³-hybridized carbons (Fsp3) is 0.556. The van der Waals surface area contributed by atoms with E-state index in [9.17, 15) is 0 Å². The third-order valence-electron chi connectivity index (χ3n) is 1.37. The summed E-state index contributed by atoms with van der Waals surface area (Å²) in [5.41, 5.74) is 7.53. The molecule has 0 aliphatic heterocycles. The Morgan fingerprint density at radius 2 is 1.80 bits per heavy atom. The summed E-state index contributed by atoms with van der Waals surface area (Å²) in [4.78, 5) is 0. The van der Waals surface area contributed by atoms with Crippen LogP contribution in [0.5, 0.6) is 0 Å². The topological polar surface area (TPSA) is 26.0 Å². The number of allylic oxidation sites excluding steroid dienone is 3. The molecule has 0 saturated carbocycles. The summed E-state index contributed by atoms with van der Waals surface area (Å²) in [5, 5.41) is 0. The molecule has 0 unspecified atom stereocenters. The predicted molar refractivity (Wildman–Crippen MR) is 46.5 cm³/mol. The van der Waals surface area contributed by atoms with Crippen molar-refractivity contribution in [2.24, 2.45) is 11.1 Å². The van der Waals surface area contributed by atoms with Crippen LogP contribution in [0.3, 0.4) is 0 Å². The van der Waals surface area contributed by atoms with Crippen molar-refractivity contribution in [2.45, 2.75) is 27.7 Å². The van der Waals surface area contributed by atoms with Crippen LogP contribution in [0.1, 0.15) is 27.7 Å². The minimum Gasteiger partial charge on any atom is -0.402 e. The fourth-order valence-electron chi connectivity index (χ4n) is 0.491. The smallest absolute Gasteiger partial charge is 0.00516 e. The quantitative estimate of drug-likeness (QED) is 0.555. The Bertz CT molecular complexity index is 154. The molecule has 0 aliphatic rings. The molecule has 1 nitrogen and oxygen atoms in total. The number of rotatable bonds is 1. The Morgan fingerprint density at radius 3 is 1.90 bits per heavy atom. The normalized spacial score (nSPS) is 13.4. The first-order valence-electron chi connectivity index (χ1n) is 3.47. The highest BCUT2D eigenvalue weighted by Gasteiger charge is 2.11. The van der Waals surface area contributed by atoms with Gasteiger partial charge in [-0.1, -0.05) is 27.4 Å². The van der Waals surface area contributed by atoms with Gasteiger partial charge < -0.3 is 5.73 Å². The van der Waals surface area contributed by atoms with Crippen molar-refractivity contribution in [1.82, 2.24) is 0 Å². The molecule has 0 bridgehead atoms. The van der Waals surface area contributed by atoms with E-state index in [0.717, 1.165) is 11.3 Å². The first-order valence-corrected chi connectivity index (χ1v) is 3.47. The predicted octanol–water partition coefficient (Wildman–Crippen LogP) is 2.45. The maximum Gasteiger partial charge on any atom is 0.00516 e. The van der Waals surface area contributed by atoms with E-state index in [1.807, 2.05) is 13.0 Å². The van der Waals surface area contributed by atoms with Gasteiger partial charge in [-0.15, -0.1) is 0 Å². The zero-order valence-electron chi connectivity index (χ0n) is 7.36. The highest BCUT2D eigenvalue weighted by atomic mass is 14.5. The van der Waals surface area contributed by atoms with Gasteiger partial charge in [0.05, 0.1) is 0 Å². The Hall–Kier alpha value is -0.720. The number of nitrogens with two attached hydrogens (primary N) is 1. The lowest BCUT2D eigenvalue weighted by molar-refractivity contribution is 0.518. The van der Waals surface area contributed by atoms with Crippen LogP contribution in [0.4, 0.5) is 0 Å². The molecule has 1 heteroatoms. The molecule has 0 fully saturated rings. The molecule has 0 aliphatic carbocycles. The molecule has 0 atom stereocenters. The van der Waals surface area contributed by atoms with E-state index in [2.05, 4.69) is 27.4 Å². The summed E-state index contributed by atoms with van der Waals surface area (Å²) in [6, 6.07) is 0. The highest BCUT2D eigenvalue weighted by molar-refractivity contribution is 5.23. The molecular formula is C9H17N. The summed E-state index contributed by atoms with van der Waals surface area (Å²) in [6.45, 7) is 12.1. The molecule has 0 amide bonds. The maximum atomic E-state index is 5.49. The molecule has 0 heterocycles. The van der Waals surface area contributed by atoms with E-state index < -0.39 is 0 Å². The lowest BCUT2D eigenvalue weighted by Crippen LogP contribution is -2.07. The molecule has 0 aromatic heterocycles. The molecule has 0 aromatic rings. The number of hydrogen-bond donors (Lipinski definition) is 1. The van der Waals surface area contributed by atoms with Crippen molar-refractivity contribution in [1.29, 1.82) is 0 Å². The van der Waals surface area contributed by atoms with Crippen LogP contribution in [-0.4, -0.2) is 0 Å². The van der Waals surface area contributed by atoms with E-state index in [4.69, 9.17) is 5.73 Å². The largest absolute Gasteiger partial charge is 0.402 e. The van der Waals surface area contributed by atoms with Gasteiger partial charge in [0.2, 0.25) is 0 Å². The fourth-order valence-corrected chi connectivity index (χ4v) is 0.491. The van der Waals surface area contributed by atoms with Gasteiger partial charge in [0.1, 0.15) is 0 Å². The lowest BCUT2D eigenvalue weighted by atomic mass is 9.87. The van der Waals surface area contributed by atoms with Gasteiger partial charge in [-0.05, 0) is 24.0 Å². The van der Waals surface area contributed by atoms with Crippen LogP contribution in [0.15, 0.2) is 23.9 Å². The maximum absolute atomic E-state index is 5.49. The second kappa shape index (κ2) is 2.91. The molecule has 0 aromatic carbocycles. The van der Waals surface area contributed by atoms with Crippen LogP contribution in [-0.2, 0) is 0 Å². The van der Waals surface area contributed by atoms with Crippen LogP contribution >= 0.6 is 0 Å². The van der Waals surface area contributed by atoms with Crippen LogP contribution in [0, 0.1) is 5.41 Å². The standard InChI is InChI=1S/C9H17N/c1-7(6-8(2)10)9(3,4)5/h6H,1,10H2,2-5H3/b8-6-. The van der Waals surface area contributed by atoms with Gasteiger partial charge in [0, 0.05) is 5.70 Å². The monoisotopic (exact) mass is 139 g/mol. The molecule has 0 radical (unpaired) electrons. The Kier molecular flexibility index (Phi) is 2.70. The summed E-state index contributed by atoms with van der Waals surface area (Å²) < 4.78 is 0. The summed E-state index contributed by atoms with van der Waals surface area (Å²) >= 11 is 0. The van der Waals surface area contributed by atoms with Crippen molar-refractivity contribution in [3.8, 4) is 0 Å². The van der Waals surface area contributed by atoms with Crippen molar-refractivity contribution in [3.63, 3.8) is 0 Å². The van der Waals surface area contributed by atoms with Gasteiger partial charge in [-0.2, -0.15) is 0 Å². The van der Waals surface area contributed by atoms with Gasteiger partial charge in [0.25, 0.3) is 0 Å². The zero-order valence-corrected chi connectivity index (χ0v) is 7.36. The van der Waals surface area contributed by atoms with Crippen molar-refractivity contribution in [2.75, 3.05) is 0 Å². The molecule has 0 spiro atoms. The van der Waals surface area contributed by atoms with E-state index in [1.54, 1.807) is 0 Å². The SMILES string of the molecule is C=C(/C=C(/C)N)C(C)(C)C. The van der Waals surface area contributed by atoms with Gasteiger partial charge in [-0.3, -0.25) is 0 Å². The number of hydrogen-bond acceptors (Lipinski definition) is 1. The van der Waals surface area contributed by atoms with Crippen LogP contribution in [0.2, 0.25) is 0 Å². The molecule has 2 N–H and O–H groups in total. The van der Waals surface area contributed by atoms with E-state index in [-0.39, 0.29) is 5.41 Å². The van der Waals surface area contributed by atoms with E-state index in [1.165, 1.54) is 0 Å². The molecule has 0 saturated heterocycles. The zero-order chi connectivity index (χ0) is 8.36. The van der Waals surface area contributed by atoms with Crippen LogP contribution in [0.25, 0.3) is 0 Å². The minimum absolute atomic E-state index is 0.140. The Morgan fingerprint density at radius 1 is 1.40 bits per heavy atom. The first-order chi connectivity index (χ1) is 4.34. The van der Waals surface area contributed by atoms with E-state index in [0.29, 0.717) is 0 Å². The highest BCUT2D eigenvalue weighted by Crippen LogP contribution is 2.24. The van der Waals surface area contributed by atoms with Crippen molar-refractivity contribution in [3.05, 3.63) is 23.9 Å². The minimum atomic E-state index is 0.140. The first kappa shape index (κ1) is 9.28. The Balaban J connectivity index is 4.27.